The first-order valence-electron chi connectivity index (χ1n) is 5.89. The molecule has 4 nitrogen and oxygen atoms in total. The van der Waals surface area contributed by atoms with Gasteiger partial charge < -0.3 is 5.32 Å². The number of nitrogens with zero attached hydrogens (tertiary/aromatic N) is 2. The van der Waals surface area contributed by atoms with Crippen LogP contribution in [0.15, 0.2) is 24.4 Å². The molecule has 0 saturated heterocycles. The Kier molecular flexibility index (Phi) is 3.13. The summed E-state index contributed by atoms with van der Waals surface area (Å²) in [6.07, 6.45) is 1.76. The van der Waals surface area contributed by atoms with Crippen molar-refractivity contribution >= 4 is 16.8 Å². The van der Waals surface area contributed by atoms with Crippen LogP contribution in [0.25, 0.3) is 10.9 Å². The highest BCUT2D eigenvalue weighted by atomic mass is 16.1. The van der Waals surface area contributed by atoms with Gasteiger partial charge in [0.2, 0.25) is 0 Å². The molecule has 1 amide bonds. The van der Waals surface area contributed by atoms with Gasteiger partial charge >= 0.3 is 0 Å². The van der Waals surface area contributed by atoms with Crippen LogP contribution in [0.4, 0.5) is 0 Å². The lowest BCUT2D eigenvalue weighted by Crippen LogP contribution is -2.22. The van der Waals surface area contributed by atoms with Gasteiger partial charge in [-0.15, -0.1) is 0 Å². The lowest BCUT2D eigenvalue weighted by atomic mass is 10.1. The van der Waals surface area contributed by atoms with Gasteiger partial charge in [0.05, 0.1) is 17.3 Å². The van der Waals surface area contributed by atoms with Gasteiger partial charge in [0.25, 0.3) is 5.91 Å². The predicted molar refractivity (Wildman–Crippen MR) is 68.1 cm³/mol. The van der Waals surface area contributed by atoms with Crippen molar-refractivity contribution in [1.29, 1.82) is 0 Å². The molecule has 1 aromatic carbocycles. The molecular weight excluding hydrogens is 214 g/mol. The third-order valence-electron chi connectivity index (χ3n) is 2.71. The molecule has 0 radical (unpaired) electrons. The molecule has 0 spiro atoms. The third-order valence-corrected chi connectivity index (χ3v) is 2.71. The van der Waals surface area contributed by atoms with E-state index in [0.717, 1.165) is 10.9 Å². The maximum Gasteiger partial charge on any atom is 0.252 e. The minimum Gasteiger partial charge on any atom is -0.352 e. The highest BCUT2D eigenvalue weighted by Gasteiger charge is 2.13. The molecule has 1 aromatic heterocycles. The number of benzene rings is 1. The van der Waals surface area contributed by atoms with E-state index in [-0.39, 0.29) is 11.9 Å². The van der Waals surface area contributed by atoms with E-state index in [2.05, 4.69) is 24.3 Å². The fourth-order valence-corrected chi connectivity index (χ4v) is 1.94. The summed E-state index contributed by atoms with van der Waals surface area (Å²) in [5.74, 6) is -0.0404. The van der Waals surface area contributed by atoms with Crippen molar-refractivity contribution in [3.05, 3.63) is 30.0 Å². The molecule has 17 heavy (non-hydrogen) atoms. The lowest BCUT2D eigenvalue weighted by Gasteiger charge is -2.08. The van der Waals surface area contributed by atoms with Gasteiger partial charge in [-0.05, 0) is 32.9 Å². The fraction of sp³-hybridized carbons (Fsp3) is 0.385. The van der Waals surface area contributed by atoms with E-state index in [1.54, 1.807) is 6.20 Å². The van der Waals surface area contributed by atoms with Crippen molar-refractivity contribution in [3.63, 3.8) is 0 Å². The van der Waals surface area contributed by atoms with Gasteiger partial charge in [-0.25, -0.2) is 0 Å². The Morgan fingerprint density at radius 2 is 2.24 bits per heavy atom. The molecular formula is C13H17N3O. The Bertz CT molecular complexity index is 543. The highest BCUT2D eigenvalue weighted by molar-refractivity contribution is 6.06. The average molecular weight is 231 g/mol. The summed E-state index contributed by atoms with van der Waals surface area (Å²) in [6.45, 7) is 6.69. The van der Waals surface area contributed by atoms with Crippen molar-refractivity contribution in [3.8, 4) is 0 Å². The third kappa shape index (κ3) is 2.02. The monoisotopic (exact) mass is 231 g/mol. The second kappa shape index (κ2) is 4.57. The molecule has 2 aromatic rings. The van der Waals surface area contributed by atoms with Crippen LogP contribution in [0.3, 0.4) is 0 Å². The summed E-state index contributed by atoms with van der Waals surface area (Å²) in [5.41, 5.74) is 1.69. The van der Waals surface area contributed by atoms with E-state index in [1.807, 2.05) is 29.8 Å². The topological polar surface area (TPSA) is 46.9 Å². The Morgan fingerprint density at radius 1 is 1.47 bits per heavy atom. The fourth-order valence-electron chi connectivity index (χ4n) is 1.94. The number of hydrogen-bond acceptors (Lipinski definition) is 2. The second-order valence-corrected chi connectivity index (χ2v) is 4.28. The number of nitrogens with one attached hydrogen (secondary N) is 1. The van der Waals surface area contributed by atoms with E-state index < -0.39 is 0 Å². The van der Waals surface area contributed by atoms with Crippen LogP contribution in [0.2, 0.25) is 0 Å². The minimum absolute atomic E-state index is 0.0404. The van der Waals surface area contributed by atoms with Crippen LogP contribution >= 0.6 is 0 Å². The molecule has 1 heterocycles. The lowest BCUT2D eigenvalue weighted by molar-refractivity contribution is 0.0957. The van der Waals surface area contributed by atoms with Crippen LogP contribution in [0.5, 0.6) is 0 Å². The Labute approximate surface area is 101 Å². The van der Waals surface area contributed by atoms with Gasteiger partial charge in [0.1, 0.15) is 0 Å². The maximum atomic E-state index is 11.9. The molecule has 1 N–H and O–H groups in total. The summed E-state index contributed by atoms with van der Waals surface area (Å²) in [6, 6.07) is 6.01. The minimum atomic E-state index is -0.0404. The molecule has 0 aliphatic carbocycles. The van der Waals surface area contributed by atoms with E-state index in [1.165, 1.54) is 0 Å². The van der Waals surface area contributed by atoms with Crippen molar-refractivity contribution in [2.45, 2.75) is 26.8 Å². The first kappa shape index (κ1) is 11.6. The van der Waals surface area contributed by atoms with E-state index in [9.17, 15) is 4.79 Å². The smallest absolute Gasteiger partial charge is 0.252 e. The maximum absolute atomic E-state index is 11.9. The van der Waals surface area contributed by atoms with E-state index >= 15 is 0 Å². The zero-order valence-electron chi connectivity index (χ0n) is 10.4. The molecule has 0 bridgehead atoms. The van der Waals surface area contributed by atoms with Gasteiger partial charge in [-0.1, -0.05) is 6.07 Å². The summed E-state index contributed by atoms with van der Waals surface area (Å²) >= 11 is 0. The van der Waals surface area contributed by atoms with Crippen LogP contribution in [-0.2, 0) is 0 Å². The van der Waals surface area contributed by atoms with Crippen molar-refractivity contribution < 1.29 is 4.79 Å². The summed E-state index contributed by atoms with van der Waals surface area (Å²) in [5, 5.41) is 8.06. The number of hydrogen-bond donors (Lipinski definition) is 1. The highest BCUT2D eigenvalue weighted by Crippen LogP contribution is 2.21. The number of aromatic nitrogens is 2. The van der Waals surface area contributed by atoms with Crippen LogP contribution in [0, 0.1) is 0 Å². The zero-order chi connectivity index (χ0) is 12.4. The van der Waals surface area contributed by atoms with Crippen molar-refractivity contribution in [2.24, 2.45) is 0 Å². The van der Waals surface area contributed by atoms with Gasteiger partial charge in [0, 0.05) is 18.0 Å². The summed E-state index contributed by atoms with van der Waals surface area (Å²) in [4.78, 5) is 11.9. The predicted octanol–water partition coefficient (Wildman–Crippen LogP) is 2.37. The standard InChI is InChI=1S/C13H17N3O/c1-4-14-13(17)10-6-5-7-12-11(10)8-15-16(12)9(2)3/h5-9H,4H2,1-3H3,(H,14,17). The van der Waals surface area contributed by atoms with Crippen LogP contribution in [-0.4, -0.2) is 22.2 Å². The Morgan fingerprint density at radius 3 is 2.88 bits per heavy atom. The largest absolute Gasteiger partial charge is 0.352 e. The molecule has 2 rings (SSSR count). The SMILES string of the molecule is CCNC(=O)c1cccc2c1cnn2C(C)C. The summed E-state index contributed by atoms with van der Waals surface area (Å²) < 4.78 is 1.93. The molecule has 0 unspecified atom stereocenters. The van der Waals surface area contributed by atoms with Crippen LogP contribution < -0.4 is 5.32 Å². The number of carbonyl (C=O) groups excluding carboxylic acids is 1. The molecule has 90 valence electrons. The molecule has 0 fully saturated rings. The molecule has 4 heteroatoms. The Balaban J connectivity index is 2.55. The van der Waals surface area contributed by atoms with Crippen molar-refractivity contribution in [2.75, 3.05) is 6.54 Å². The van der Waals surface area contributed by atoms with E-state index in [0.29, 0.717) is 12.1 Å². The molecule has 0 saturated carbocycles. The first-order chi connectivity index (χ1) is 8.15. The number of carbonyl (C=O) groups is 1. The quantitative estimate of drug-likeness (QED) is 0.881. The second-order valence-electron chi connectivity index (χ2n) is 4.28. The average Bonchev–Trinajstić information content (AvgIpc) is 2.72. The van der Waals surface area contributed by atoms with Crippen molar-refractivity contribution in [1.82, 2.24) is 15.1 Å². The number of rotatable bonds is 3. The molecule has 0 aliphatic rings. The normalized spacial score (nSPS) is 11.1. The summed E-state index contributed by atoms with van der Waals surface area (Å²) in [7, 11) is 0. The Hall–Kier alpha value is -1.84. The van der Waals surface area contributed by atoms with Gasteiger partial charge in [-0.2, -0.15) is 5.10 Å². The first-order valence-corrected chi connectivity index (χ1v) is 5.89. The van der Waals surface area contributed by atoms with Crippen LogP contribution in [0.1, 0.15) is 37.2 Å². The van der Waals surface area contributed by atoms with Gasteiger partial charge in [0.15, 0.2) is 0 Å². The number of fused-ring (bicyclic) bond motifs is 1. The zero-order valence-corrected chi connectivity index (χ0v) is 10.4. The molecule has 0 atom stereocenters. The van der Waals surface area contributed by atoms with E-state index in [4.69, 9.17) is 0 Å². The molecule has 0 aliphatic heterocycles. The van der Waals surface area contributed by atoms with Gasteiger partial charge in [-0.3, -0.25) is 9.48 Å². The number of amides is 1.